The van der Waals surface area contributed by atoms with Crippen LogP contribution < -0.4 is 15.0 Å². The second-order valence-electron chi connectivity index (χ2n) is 5.65. The van der Waals surface area contributed by atoms with Gasteiger partial charge in [0.15, 0.2) is 6.10 Å². The normalized spacial score (nSPS) is 16.4. The van der Waals surface area contributed by atoms with E-state index in [-0.39, 0.29) is 17.6 Å². The summed E-state index contributed by atoms with van der Waals surface area (Å²) in [6.45, 7) is 1.97. The molecule has 2 amide bonds. The van der Waals surface area contributed by atoms with E-state index in [4.69, 9.17) is 4.74 Å². The van der Waals surface area contributed by atoms with E-state index < -0.39 is 6.10 Å². The van der Waals surface area contributed by atoms with Gasteiger partial charge in [-0.3, -0.25) is 9.59 Å². The Morgan fingerprint density at radius 1 is 1.25 bits per heavy atom. The van der Waals surface area contributed by atoms with Crippen molar-refractivity contribution in [2.45, 2.75) is 19.6 Å². The molecule has 5 nitrogen and oxygen atoms in total. The Labute approximate surface area is 139 Å². The number of benzene rings is 2. The molecule has 0 bridgehead atoms. The molecule has 24 heavy (non-hydrogen) atoms. The number of likely N-dealkylation sites (N-methyl/N-ethyl adjacent to an activating group) is 1. The topological polar surface area (TPSA) is 58.6 Å². The van der Waals surface area contributed by atoms with Gasteiger partial charge in [-0.15, -0.1) is 0 Å². The Kier molecular flexibility index (Phi) is 4.20. The fourth-order valence-electron chi connectivity index (χ4n) is 2.55. The van der Waals surface area contributed by atoms with E-state index in [9.17, 15) is 14.0 Å². The van der Waals surface area contributed by atoms with Crippen LogP contribution in [-0.4, -0.2) is 25.0 Å². The molecule has 1 atom stereocenters. The molecule has 0 fully saturated rings. The Hall–Kier alpha value is -2.89. The first-order valence-electron chi connectivity index (χ1n) is 7.56. The van der Waals surface area contributed by atoms with Crippen LogP contribution in [-0.2, 0) is 11.3 Å². The van der Waals surface area contributed by atoms with Gasteiger partial charge < -0.3 is 15.0 Å². The summed E-state index contributed by atoms with van der Waals surface area (Å²) in [5.74, 6) is -0.210. The first-order chi connectivity index (χ1) is 11.5. The molecule has 0 aliphatic carbocycles. The highest BCUT2D eigenvalue weighted by Gasteiger charge is 2.29. The first kappa shape index (κ1) is 16.0. The van der Waals surface area contributed by atoms with E-state index in [2.05, 4.69) is 5.32 Å². The van der Waals surface area contributed by atoms with E-state index >= 15 is 0 Å². The standard InChI is InChI=1S/C18H17FN2O3/c1-11-18(23)21(2)15-8-5-13(9-16(15)24-11)17(22)20-10-12-3-6-14(19)7-4-12/h3-9,11H,10H2,1-2H3,(H,20,22). The number of hydrogen-bond donors (Lipinski definition) is 1. The van der Waals surface area contributed by atoms with Gasteiger partial charge in [0.05, 0.1) is 5.69 Å². The van der Waals surface area contributed by atoms with Crippen molar-refractivity contribution < 1.29 is 18.7 Å². The zero-order valence-corrected chi connectivity index (χ0v) is 13.4. The highest BCUT2D eigenvalue weighted by molar-refractivity contribution is 6.01. The molecule has 3 rings (SSSR count). The van der Waals surface area contributed by atoms with Gasteiger partial charge in [0.1, 0.15) is 11.6 Å². The van der Waals surface area contributed by atoms with E-state index in [1.54, 1.807) is 44.3 Å². The summed E-state index contributed by atoms with van der Waals surface area (Å²) in [6, 6.07) is 10.9. The molecular weight excluding hydrogens is 311 g/mol. The molecule has 2 aromatic carbocycles. The largest absolute Gasteiger partial charge is 0.479 e. The maximum Gasteiger partial charge on any atom is 0.267 e. The van der Waals surface area contributed by atoms with Crippen LogP contribution in [0.25, 0.3) is 0 Å². The number of amides is 2. The fourth-order valence-corrected chi connectivity index (χ4v) is 2.55. The number of nitrogens with zero attached hydrogens (tertiary/aromatic N) is 1. The second kappa shape index (κ2) is 6.31. The van der Waals surface area contributed by atoms with Crippen LogP contribution in [0.2, 0.25) is 0 Å². The number of rotatable bonds is 3. The molecule has 1 N–H and O–H groups in total. The summed E-state index contributed by atoms with van der Waals surface area (Å²) in [5.41, 5.74) is 1.87. The summed E-state index contributed by atoms with van der Waals surface area (Å²) in [7, 11) is 1.68. The summed E-state index contributed by atoms with van der Waals surface area (Å²) in [5, 5.41) is 2.78. The lowest BCUT2D eigenvalue weighted by Crippen LogP contribution is -2.42. The zero-order valence-electron chi connectivity index (χ0n) is 13.4. The molecule has 2 aromatic rings. The molecule has 0 saturated carbocycles. The molecule has 124 valence electrons. The summed E-state index contributed by atoms with van der Waals surface area (Å²) in [4.78, 5) is 25.7. The van der Waals surface area contributed by atoms with Crippen LogP contribution in [0.4, 0.5) is 10.1 Å². The SMILES string of the molecule is CC1Oc2cc(C(=O)NCc3ccc(F)cc3)ccc2N(C)C1=O. The van der Waals surface area contributed by atoms with Gasteiger partial charge in [-0.25, -0.2) is 4.39 Å². The van der Waals surface area contributed by atoms with Crippen LogP contribution in [0, 0.1) is 5.82 Å². The van der Waals surface area contributed by atoms with E-state index in [1.807, 2.05) is 0 Å². The van der Waals surface area contributed by atoms with E-state index in [0.29, 0.717) is 23.5 Å². The molecular formula is C18H17FN2O3. The monoisotopic (exact) mass is 328 g/mol. The van der Waals surface area contributed by atoms with Crippen molar-refractivity contribution >= 4 is 17.5 Å². The maximum atomic E-state index is 12.9. The summed E-state index contributed by atoms with van der Waals surface area (Å²) in [6.07, 6.45) is -0.583. The molecule has 1 unspecified atom stereocenters. The molecule has 1 aliphatic heterocycles. The number of nitrogens with one attached hydrogen (secondary N) is 1. The lowest BCUT2D eigenvalue weighted by molar-refractivity contribution is -0.125. The first-order valence-corrected chi connectivity index (χ1v) is 7.56. The van der Waals surface area contributed by atoms with Gasteiger partial charge in [0.2, 0.25) is 0 Å². The predicted molar refractivity (Wildman–Crippen MR) is 87.5 cm³/mol. The lowest BCUT2D eigenvalue weighted by atomic mass is 10.1. The average Bonchev–Trinajstić information content (AvgIpc) is 2.58. The van der Waals surface area contributed by atoms with Gasteiger partial charge in [0.25, 0.3) is 11.8 Å². The lowest BCUT2D eigenvalue weighted by Gasteiger charge is -2.30. The number of anilines is 1. The fraction of sp³-hybridized carbons (Fsp3) is 0.222. The summed E-state index contributed by atoms with van der Waals surface area (Å²) >= 11 is 0. The van der Waals surface area contributed by atoms with Gasteiger partial charge in [-0.05, 0) is 42.8 Å². The molecule has 0 aromatic heterocycles. The van der Waals surface area contributed by atoms with Crippen molar-refractivity contribution in [2.24, 2.45) is 0 Å². The molecule has 6 heteroatoms. The van der Waals surface area contributed by atoms with Crippen LogP contribution in [0.3, 0.4) is 0 Å². The van der Waals surface area contributed by atoms with Crippen molar-refractivity contribution in [3.63, 3.8) is 0 Å². The second-order valence-corrected chi connectivity index (χ2v) is 5.65. The van der Waals surface area contributed by atoms with Crippen LogP contribution in [0.15, 0.2) is 42.5 Å². The van der Waals surface area contributed by atoms with E-state index in [0.717, 1.165) is 5.56 Å². The van der Waals surface area contributed by atoms with Crippen LogP contribution in [0.1, 0.15) is 22.8 Å². The third-order valence-corrected chi connectivity index (χ3v) is 3.93. The molecule has 1 heterocycles. The van der Waals surface area contributed by atoms with Crippen LogP contribution >= 0.6 is 0 Å². The van der Waals surface area contributed by atoms with Crippen LogP contribution in [0.5, 0.6) is 5.75 Å². The van der Waals surface area contributed by atoms with Crippen molar-refractivity contribution in [1.82, 2.24) is 5.32 Å². The number of halogens is 1. The Morgan fingerprint density at radius 2 is 1.96 bits per heavy atom. The van der Waals surface area contributed by atoms with Crippen molar-refractivity contribution in [3.8, 4) is 5.75 Å². The Morgan fingerprint density at radius 3 is 2.67 bits per heavy atom. The quantitative estimate of drug-likeness (QED) is 0.942. The molecule has 0 radical (unpaired) electrons. The van der Waals surface area contributed by atoms with Gasteiger partial charge in [-0.2, -0.15) is 0 Å². The minimum Gasteiger partial charge on any atom is -0.479 e. The zero-order chi connectivity index (χ0) is 17.3. The Balaban J connectivity index is 1.73. The van der Waals surface area contributed by atoms with Gasteiger partial charge in [-0.1, -0.05) is 12.1 Å². The van der Waals surface area contributed by atoms with E-state index in [1.165, 1.54) is 17.0 Å². The van der Waals surface area contributed by atoms with Gasteiger partial charge in [0, 0.05) is 19.2 Å². The van der Waals surface area contributed by atoms with Crippen molar-refractivity contribution in [3.05, 3.63) is 59.4 Å². The third-order valence-electron chi connectivity index (χ3n) is 3.93. The highest BCUT2D eigenvalue weighted by Crippen LogP contribution is 2.33. The van der Waals surface area contributed by atoms with Gasteiger partial charge >= 0.3 is 0 Å². The molecule has 1 aliphatic rings. The van der Waals surface area contributed by atoms with Crippen molar-refractivity contribution in [1.29, 1.82) is 0 Å². The maximum absolute atomic E-state index is 12.9. The predicted octanol–water partition coefficient (Wildman–Crippen LogP) is 2.50. The van der Waals surface area contributed by atoms with Crippen molar-refractivity contribution in [2.75, 3.05) is 11.9 Å². The minimum atomic E-state index is -0.583. The molecule has 0 spiro atoms. The number of fused-ring (bicyclic) bond motifs is 1. The number of carbonyl (C=O) groups excluding carboxylic acids is 2. The number of ether oxygens (including phenoxy) is 1. The number of carbonyl (C=O) groups is 2. The third kappa shape index (κ3) is 3.08. The summed E-state index contributed by atoms with van der Waals surface area (Å²) < 4.78 is 18.4. The molecule has 0 saturated heterocycles. The smallest absolute Gasteiger partial charge is 0.267 e. The Bertz CT molecular complexity index is 789. The highest BCUT2D eigenvalue weighted by atomic mass is 19.1. The number of hydrogen-bond acceptors (Lipinski definition) is 3. The average molecular weight is 328 g/mol. The minimum absolute atomic E-state index is 0.129.